The van der Waals surface area contributed by atoms with Crippen molar-refractivity contribution < 1.29 is 4.79 Å². The third-order valence-electron chi connectivity index (χ3n) is 3.04. The summed E-state index contributed by atoms with van der Waals surface area (Å²) in [4.78, 5) is 17.8. The second-order valence-corrected chi connectivity index (χ2v) is 4.43. The summed E-state index contributed by atoms with van der Waals surface area (Å²) in [6.45, 7) is 4.54. The summed E-state index contributed by atoms with van der Waals surface area (Å²) in [5.74, 6) is 0.179. The zero-order valence-electron chi connectivity index (χ0n) is 10.8. The fourth-order valence-corrected chi connectivity index (χ4v) is 1.56. The molecule has 0 aromatic carbocycles. The van der Waals surface area contributed by atoms with Crippen LogP contribution >= 0.6 is 0 Å². The van der Waals surface area contributed by atoms with Crippen molar-refractivity contribution in [3.8, 4) is 0 Å². The van der Waals surface area contributed by atoms with E-state index < -0.39 is 6.04 Å². The molecular weight excluding hydrogens is 214 g/mol. The highest BCUT2D eigenvalue weighted by Crippen LogP contribution is 2.09. The molecule has 1 amide bonds. The molecule has 94 valence electrons. The van der Waals surface area contributed by atoms with E-state index in [9.17, 15) is 4.79 Å². The molecule has 0 aliphatic rings. The van der Waals surface area contributed by atoms with Crippen LogP contribution in [0, 0.1) is 5.92 Å². The Hall–Kier alpha value is -1.42. The predicted octanol–water partition coefficient (Wildman–Crippen LogP) is 1.41. The Kier molecular flexibility index (Phi) is 5.10. The molecule has 1 rings (SSSR count). The highest BCUT2D eigenvalue weighted by Gasteiger charge is 2.22. The number of aromatic nitrogens is 1. The van der Waals surface area contributed by atoms with Gasteiger partial charge >= 0.3 is 0 Å². The first kappa shape index (κ1) is 13.6. The molecule has 1 heterocycles. The molecule has 2 atom stereocenters. The molecule has 0 radical (unpaired) electrons. The van der Waals surface area contributed by atoms with Gasteiger partial charge in [-0.1, -0.05) is 26.3 Å². The number of rotatable bonds is 5. The smallest absolute Gasteiger partial charge is 0.239 e. The van der Waals surface area contributed by atoms with Gasteiger partial charge < -0.3 is 10.6 Å². The highest BCUT2D eigenvalue weighted by atomic mass is 16.2. The van der Waals surface area contributed by atoms with E-state index in [4.69, 9.17) is 5.73 Å². The third-order valence-corrected chi connectivity index (χ3v) is 3.04. The van der Waals surface area contributed by atoms with Gasteiger partial charge in [0.15, 0.2) is 0 Å². The van der Waals surface area contributed by atoms with Gasteiger partial charge in [-0.3, -0.25) is 9.78 Å². The molecule has 0 aliphatic heterocycles. The number of nitrogens with two attached hydrogens (primary N) is 1. The summed E-state index contributed by atoms with van der Waals surface area (Å²) < 4.78 is 0. The Labute approximate surface area is 103 Å². The average Bonchev–Trinajstić information content (AvgIpc) is 2.37. The van der Waals surface area contributed by atoms with E-state index in [1.54, 1.807) is 18.1 Å². The molecule has 0 bridgehead atoms. The quantitative estimate of drug-likeness (QED) is 0.839. The van der Waals surface area contributed by atoms with Gasteiger partial charge in [-0.15, -0.1) is 0 Å². The molecule has 0 saturated heterocycles. The summed E-state index contributed by atoms with van der Waals surface area (Å²) in [5.41, 5.74) is 6.79. The lowest BCUT2D eigenvalue weighted by Gasteiger charge is -2.24. The molecule has 1 aromatic rings. The average molecular weight is 235 g/mol. The molecule has 2 N–H and O–H groups in total. The molecule has 2 unspecified atom stereocenters. The minimum atomic E-state index is -0.422. The van der Waals surface area contributed by atoms with Gasteiger partial charge in [-0.05, 0) is 18.1 Å². The van der Waals surface area contributed by atoms with E-state index >= 15 is 0 Å². The standard InChI is InChI=1S/C13H21N3O/c1-4-10(2)12(14)13(17)16(3)9-11-7-5-6-8-15-11/h5-8,10,12H,4,9,14H2,1-3H3. The number of pyridine rings is 1. The highest BCUT2D eigenvalue weighted by molar-refractivity contribution is 5.81. The van der Waals surface area contributed by atoms with Crippen LogP contribution in [0.5, 0.6) is 0 Å². The lowest BCUT2D eigenvalue weighted by molar-refractivity contribution is -0.133. The van der Waals surface area contributed by atoms with Crippen molar-refractivity contribution in [3.63, 3.8) is 0 Å². The maximum Gasteiger partial charge on any atom is 0.239 e. The summed E-state index contributed by atoms with van der Waals surface area (Å²) in [5, 5.41) is 0. The number of carbonyl (C=O) groups is 1. The molecule has 0 fully saturated rings. The number of likely N-dealkylation sites (N-methyl/N-ethyl adjacent to an activating group) is 1. The van der Waals surface area contributed by atoms with E-state index in [-0.39, 0.29) is 11.8 Å². The summed E-state index contributed by atoms with van der Waals surface area (Å²) >= 11 is 0. The van der Waals surface area contributed by atoms with Crippen molar-refractivity contribution in [1.29, 1.82) is 0 Å². The Morgan fingerprint density at radius 1 is 1.53 bits per heavy atom. The van der Waals surface area contributed by atoms with Gasteiger partial charge in [0.25, 0.3) is 0 Å². The zero-order chi connectivity index (χ0) is 12.8. The van der Waals surface area contributed by atoms with E-state index in [1.807, 2.05) is 32.0 Å². The Morgan fingerprint density at radius 3 is 2.76 bits per heavy atom. The van der Waals surface area contributed by atoms with Crippen LogP contribution in [0.3, 0.4) is 0 Å². The van der Waals surface area contributed by atoms with Gasteiger partial charge in [0, 0.05) is 13.2 Å². The van der Waals surface area contributed by atoms with Crippen LogP contribution in [-0.2, 0) is 11.3 Å². The first-order valence-electron chi connectivity index (χ1n) is 5.96. The fourth-order valence-electron chi connectivity index (χ4n) is 1.56. The number of carbonyl (C=O) groups excluding carboxylic acids is 1. The van der Waals surface area contributed by atoms with Gasteiger partial charge in [-0.25, -0.2) is 0 Å². The second kappa shape index (κ2) is 6.35. The van der Waals surface area contributed by atoms with Crippen LogP contribution in [0.1, 0.15) is 26.0 Å². The molecule has 0 saturated carbocycles. The molecule has 1 aromatic heterocycles. The van der Waals surface area contributed by atoms with Crippen molar-refractivity contribution in [1.82, 2.24) is 9.88 Å². The van der Waals surface area contributed by atoms with E-state index in [0.29, 0.717) is 6.54 Å². The van der Waals surface area contributed by atoms with Gasteiger partial charge in [-0.2, -0.15) is 0 Å². The molecule has 4 nitrogen and oxygen atoms in total. The van der Waals surface area contributed by atoms with Crippen LogP contribution < -0.4 is 5.73 Å². The molecule has 0 spiro atoms. The Balaban J connectivity index is 2.58. The molecule has 0 aliphatic carbocycles. The number of hydrogen-bond donors (Lipinski definition) is 1. The minimum Gasteiger partial charge on any atom is -0.339 e. The number of hydrogen-bond acceptors (Lipinski definition) is 3. The molecular formula is C13H21N3O. The van der Waals surface area contributed by atoms with Crippen LogP contribution in [0.15, 0.2) is 24.4 Å². The van der Waals surface area contributed by atoms with Crippen LogP contribution in [0.2, 0.25) is 0 Å². The molecule has 4 heteroatoms. The summed E-state index contributed by atoms with van der Waals surface area (Å²) in [7, 11) is 1.76. The molecule has 17 heavy (non-hydrogen) atoms. The number of amides is 1. The maximum atomic E-state index is 12.0. The van der Waals surface area contributed by atoms with Crippen molar-refractivity contribution in [2.75, 3.05) is 7.05 Å². The largest absolute Gasteiger partial charge is 0.339 e. The summed E-state index contributed by atoms with van der Waals surface area (Å²) in [6.07, 6.45) is 2.63. The van der Waals surface area contributed by atoms with Crippen molar-refractivity contribution in [2.24, 2.45) is 11.7 Å². The fraction of sp³-hybridized carbons (Fsp3) is 0.538. The second-order valence-electron chi connectivity index (χ2n) is 4.43. The van der Waals surface area contributed by atoms with Crippen LogP contribution in [0.25, 0.3) is 0 Å². The summed E-state index contributed by atoms with van der Waals surface area (Å²) in [6, 6.07) is 5.25. The van der Waals surface area contributed by atoms with E-state index in [1.165, 1.54) is 0 Å². The zero-order valence-corrected chi connectivity index (χ0v) is 10.8. The SMILES string of the molecule is CCC(C)C(N)C(=O)N(C)Cc1ccccn1. The van der Waals surface area contributed by atoms with Crippen molar-refractivity contribution in [3.05, 3.63) is 30.1 Å². The van der Waals surface area contributed by atoms with Gasteiger partial charge in [0.05, 0.1) is 18.3 Å². The van der Waals surface area contributed by atoms with Crippen molar-refractivity contribution >= 4 is 5.91 Å². The van der Waals surface area contributed by atoms with Gasteiger partial charge in [0.2, 0.25) is 5.91 Å². The normalized spacial score (nSPS) is 14.1. The maximum absolute atomic E-state index is 12.0. The lowest BCUT2D eigenvalue weighted by Crippen LogP contribution is -2.45. The van der Waals surface area contributed by atoms with Crippen LogP contribution in [-0.4, -0.2) is 28.9 Å². The number of nitrogens with zero attached hydrogens (tertiary/aromatic N) is 2. The topological polar surface area (TPSA) is 59.2 Å². The van der Waals surface area contributed by atoms with E-state index in [0.717, 1.165) is 12.1 Å². The first-order valence-corrected chi connectivity index (χ1v) is 5.96. The Morgan fingerprint density at radius 2 is 2.24 bits per heavy atom. The van der Waals surface area contributed by atoms with Crippen LogP contribution in [0.4, 0.5) is 0 Å². The van der Waals surface area contributed by atoms with E-state index in [2.05, 4.69) is 4.98 Å². The first-order chi connectivity index (χ1) is 8.06. The minimum absolute atomic E-state index is 0.0231. The van der Waals surface area contributed by atoms with Gasteiger partial charge in [0.1, 0.15) is 0 Å². The monoisotopic (exact) mass is 235 g/mol. The lowest BCUT2D eigenvalue weighted by atomic mass is 9.99. The third kappa shape index (κ3) is 3.82. The Bertz CT molecular complexity index is 353. The van der Waals surface area contributed by atoms with Crippen molar-refractivity contribution in [2.45, 2.75) is 32.9 Å². The predicted molar refractivity (Wildman–Crippen MR) is 68.1 cm³/mol.